The number of ether oxygens (including phenoxy) is 1. The standard InChI is InChI=1S/C21H22N8O2/c1-13(30)17-3-2-15(12-23-17)29-5-4-16-18(14-10-24-20(22)25-11-14)26-21(27-19(16)29)28-6-8-31-9-7-28/h2-3,10-12H,4-9H2,1H3,(H2,22,24,25). The van der Waals surface area contributed by atoms with Crippen LogP contribution in [0.5, 0.6) is 0 Å². The van der Waals surface area contributed by atoms with Crippen molar-refractivity contribution in [2.45, 2.75) is 13.3 Å². The minimum atomic E-state index is -0.0593. The van der Waals surface area contributed by atoms with Gasteiger partial charge in [0.05, 0.1) is 30.8 Å². The van der Waals surface area contributed by atoms with E-state index in [1.54, 1.807) is 24.7 Å². The van der Waals surface area contributed by atoms with E-state index in [2.05, 4.69) is 24.8 Å². The molecule has 0 saturated carbocycles. The summed E-state index contributed by atoms with van der Waals surface area (Å²) in [4.78, 5) is 38.2. The molecule has 2 aliphatic heterocycles. The van der Waals surface area contributed by atoms with Gasteiger partial charge >= 0.3 is 0 Å². The molecule has 3 aromatic rings. The number of morpholine rings is 1. The minimum absolute atomic E-state index is 0.0593. The average molecular weight is 418 g/mol. The lowest BCUT2D eigenvalue weighted by Gasteiger charge is -2.28. The number of pyridine rings is 1. The van der Waals surface area contributed by atoms with Crippen LogP contribution in [0, 0.1) is 0 Å². The highest BCUT2D eigenvalue weighted by atomic mass is 16.5. The first kappa shape index (κ1) is 19.3. The maximum absolute atomic E-state index is 11.6. The van der Waals surface area contributed by atoms with Crippen molar-refractivity contribution in [3.05, 3.63) is 42.0 Å². The molecule has 0 atom stereocenters. The molecule has 5 rings (SSSR count). The van der Waals surface area contributed by atoms with Crippen molar-refractivity contribution < 1.29 is 9.53 Å². The van der Waals surface area contributed by atoms with E-state index in [0.717, 1.165) is 54.4 Å². The highest BCUT2D eigenvalue weighted by Crippen LogP contribution is 2.38. The molecule has 3 aromatic heterocycles. The molecule has 2 aliphatic rings. The van der Waals surface area contributed by atoms with E-state index in [4.69, 9.17) is 20.4 Å². The van der Waals surface area contributed by atoms with Gasteiger partial charge in [0.25, 0.3) is 0 Å². The van der Waals surface area contributed by atoms with Crippen LogP contribution in [-0.4, -0.2) is 63.6 Å². The highest BCUT2D eigenvalue weighted by Gasteiger charge is 2.29. The molecule has 5 heterocycles. The summed E-state index contributed by atoms with van der Waals surface area (Å²) >= 11 is 0. The molecule has 31 heavy (non-hydrogen) atoms. The van der Waals surface area contributed by atoms with Crippen molar-refractivity contribution in [3.8, 4) is 11.3 Å². The number of ketones is 1. The van der Waals surface area contributed by atoms with Crippen molar-refractivity contribution in [1.82, 2.24) is 24.9 Å². The van der Waals surface area contributed by atoms with Gasteiger partial charge in [-0.2, -0.15) is 4.98 Å². The molecular formula is C21H22N8O2. The lowest BCUT2D eigenvalue weighted by molar-refractivity contribution is 0.101. The molecule has 0 unspecified atom stereocenters. The minimum Gasteiger partial charge on any atom is -0.378 e. The fraction of sp³-hybridized carbons (Fsp3) is 0.333. The van der Waals surface area contributed by atoms with Gasteiger partial charge < -0.3 is 20.3 Å². The number of Topliss-reactive ketones (excluding diaryl/α,β-unsaturated/α-hetero) is 1. The first-order chi connectivity index (χ1) is 15.1. The van der Waals surface area contributed by atoms with Crippen LogP contribution in [0.3, 0.4) is 0 Å². The summed E-state index contributed by atoms with van der Waals surface area (Å²) in [7, 11) is 0. The number of nitrogen functional groups attached to an aromatic ring is 1. The summed E-state index contributed by atoms with van der Waals surface area (Å²) in [5.41, 5.74) is 9.64. The fourth-order valence-electron chi connectivity index (χ4n) is 3.85. The van der Waals surface area contributed by atoms with Crippen LogP contribution in [0.2, 0.25) is 0 Å². The van der Waals surface area contributed by atoms with Gasteiger partial charge in [-0.15, -0.1) is 0 Å². The molecule has 2 N–H and O–H groups in total. The maximum Gasteiger partial charge on any atom is 0.228 e. The number of anilines is 4. The summed E-state index contributed by atoms with van der Waals surface area (Å²) in [5.74, 6) is 1.65. The van der Waals surface area contributed by atoms with Gasteiger partial charge in [0.1, 0.15) is 11.5 Å². The lowest BCUT2D eigenvalue weighted by atomic mass is 10.1. The van der Waals surface area contributed by atoms with E-state index in [9.17, 15) is 4.79 Å². The topological polar surface area (TPSA) is 123 Å². The van der Waals surface area contributed by atoms with E-state index < -0.39 is 0 Å². The Kier molecular flexibility index (Phi) is 4.91. The summed E-state index contributed by atoms with van der Waals surface area (Å²) in [6, 6.07) is 3.65. The Morgan fingerprint density at radius 3 is 2.48 bits per heavy atom. The Hall–Kier alpha value is -3.66. The quantitative estimate of drug-likeness (QED) is 0.625. The van der Waals surface area contributed by atoms with E-state index >= 15 is 0 Å². The van der Waals surface area contributed by atoms with Crippen molar-refractivity contribution >= 4 is 29.2 Å². The first-order valence-corrected chi connectivity index (χ1v) is 10.2. The molecular weight excluding hydrogens is 396 g/mol. The summed E-state index contributed by atoms with van der Waals surface area (Å²) in [6.07, 6.45) is 5.88. The van der Waals surface area contributed by atoms with Crippen molar-refractivity contribution in [2.75, 3.05) is 48.4 Å². The molecule has 0 aromatic carbocycles. The second kappa shape index (κ2) is 7.88. The maximum atomic E-state index is 11.6. The van der Waals surface area contributed by atoms with Crippen molar-refractivity contribution in [2.24, 2.45) is 0 Å². The first-order valence-electron chi connectivity index (χ1n) is 10.2. The number of carbonyl (C=O) groups excluding carboxylic acids is 1. The molecule has 0 amide bonds. The third kappa shape index (κ3) is 3.66. The van der Waals surface area contributed by atoms with Gasteiger partial charge in [-0.25, -0.2) is 15.0 Å². The van der Waals surface area contributed by atoms with Crippen LogP contribution < -0.4 is 15.5 Å². The zero-order valence-corrected chi connectivity index (χ0v) is 17.2. The van der Waals surface area contributed by atoms with Crippen molar-refractivity contribution in [3.63, 3.8) is 0 Å². The van der Waals surface area contributed by atoms with Crippen LogP contribution in [0.25, 0.3) is 11.3 Å². The number of nitrogens with zero attached hydrogens (tertiary/aromatic N) is 7. The Morgan fingerprint density at radius 1 is 1.03 bits per heavy atom. The van der Waals surface area contributed by atoms with Crippen LogP contribution >= 0.6 is 0 Å². The fourth-order valence-corrected chi connectivity index (χ4v) is 3.85. The summed E-state index contributed by atoms with van der Waals surface area (Å²) in [6.45, 7) is 4.98. The largest absolute Gasteiger partial charge is 0.378 e. The lowest BCUT2D eigenvalue weighted by Crippen LogP contribution is -2.37. The molecule has 0 radical (unpaired) electrons. The monoisotopic (exact) mass is 418 g/mol. The molecule has 0 aliphatic carbocycles. The summed E-state index contributed by atoms with van der Waals surface area (Å²) in [5, 5.41) is 0. The second-order valence-corrected chi connectivity index (χ2v) is 7.46. The Morgan fingerprint density at radius 2 is 1.81 bits per heavy atom. The number of hydrogen-bond donors (Lipinski definition) is 1. The molecule has 1 saturated heterocycles. The zero-order valence-electron chi connectivity index (χ0n) is 17.2. The van der Waals surface area contributed by atoms with Gasteiger partial charge in [-0.05, 0) is 18.6 Å². The van der Waals surface area contributed by atoms with E-state index in [-0.39, 0.29) is 11.7 Å². The Balaban J connectivity index is 1.60. The molecule has 158 valence electrons. The van der Waals surface area contributed by atoms with Gasteiger partial charge in [-0.1, -0.05) is 0 Å². The normalized spacial score (nSPS) is 15.8. The van der Waals surface area contributed by atoms with Crippen LogP contribution in [0.4, 0.5) is 23.4 Å². The number of fused-ring (bicyclic) bond motifs is 1. The SMILES string of the molecule is CC(=O)c1ccc(N2CCc3c(-c4cnc(N)nc4)nc(N4CCOCC4)nc32)cn1. The Labute approximate surface area is 179 Å². The molecule has 10 nitrogen and oxygen atoms in total. The molecule has 0 spiro atoms. The molecule has 0 bridgehead atoms. The van der Waals surface area contributed by atoms with Crippen LogP contribution in [0.15, 0.2) is 30.7 Å². The van der Waals surface area contributed by atoms with E-state index in [0.29, 0.717) is 24.9 Å². The van der Waals surface area contributed by atoms with E-state index in [1.165, 1.54) is 6.92 Å². The van der Waals surface area contributed by atoms with Gasteiger partial charge in [-0.3, -0.25) is 9.78 Å². The smallest absolute Gasteiger partial charge is 0.228 e. The average Bonchev–Trinajstić information content (AvgIpc) is 3.24. The molecule has 1 fully saturated rings. The van der Waals surface area contributed by atoms with Gasteiger partial charge in [0.2, 0.25) is 11.9 Å². The van der Waals surface area contributed by atoms with Gasteiger partial charge in [0.15, 0.2) is 5.78 Å². The molecule has 10 heteroatoms. The number of carbonyl (C=O) groups is 1. The number of aromatic nitrogens is 5. The van der Waals surface area contributed by atoms with Crippen LogP contribution in [-0.2, 0) is 11.2 Å². The van der Waals surface area contributed by atoms with Crippen molar-refractivity contribution in [1.29, 1.82) is 0 Å². The van der Waals surface area contributed by atoms with Crippen LogP contribution in [0.1, 0.15) is 23.0 Å². The number of nitrogens with two attached hydrogens (primary N) is 1. The van der Waals surface area contributed by atoms with E-state index in [1.807, 2.05) is 6.07 Å². The number of rotatable bonds is 4. The van der Waals surface area contributed by atoms with Gasteiger partial charge in [0, 0.05) is 50.1 Å². The predicted molar refractivity (Wildman–Crippen MR) is 115 cm³/mol. The third-order valence-electron chi connectivity index (χ3n) is 5.47. The third-order valence-corrected chi connectivity index (χ3v) is 5.47. The highest BCUT2D eigenvalue weighted by molar-refractivity contribution is 5.92. The number of hydrogen-bond acceptors (Lipinski definition) is 10. The second-order valence-electron chi connectivity index (χ2n) is 7.46. The Bertz CT molecular complexity index is 1110. The zero-order chi connectivity index (χ0) is 21.4. The summed E-state index contributed by atoms with van der Waals surface area (Å²) < 4.78 is 5.49. The predicted octanol–water partition coefficient (Wildman–Crippen LogP) is 1.64.